The summed E-state index contributed by atoms with van der Waals surface area (Å²) in [4.78, 5) is 33.8. The Morgan fingerprint density at radius 3 is 2.42 bits per heavy atom. The fourth-order valence-corrected chi connectivity index (χ4v) is 7.29. The number of hydrogen-bond donors (Lipinski definition) is 2. The Morgan fingerprint density at radius 2 is 1.73 bits per heavy atom. The molecule has 3 aromatic rings. The van der Waals surface area contributed by atoms with Crippen molar-refractivity contribution in [1.82, 2.24) is 30.4 Å². The average Bonchev–Trinajstić information content (AvgIpc) is 3.21. The van der Waals surface area contributed by atoms with Gasteiger partial charge in [-0.2, -0.15) is 5.10 Å². The third-order valence-electron chi connectivity index (χ3n) is 7.34. The SMILES string of the molecule is O=C(CSc1ncnc2c1cnn2-c1ccccc1)NC(=O)NC12CC3CC(CC(C3)C1)C2. The number of carbonyl (C=O) groups excluding carboxylic acids is 2. The largest absolute Gasteiger partial charge is 0.332 e. The van der Waals surface area contributed by atoms with Gasteiger partial charge in [0.2, 0.25) is 5.91 Å². The minimum atomic E-state index is -0.368. The molecule has 2 aromatic heterocycles. The van der Waals surface area contributed by atoms with Crippen LogP contribution in [0.2, 0.25) is 0 Å². The highest BCUT2D eigenvalue weighted by molar-refractivity contribution is 8.00. The number of carbonyl (C=O) groups is 2. The fourth-order valence-electron chi connectivity index (χ4n) is 6.53. The predicted octanol–water partition coefficient (Wildman–Crippen LogP) is 3.70. The number of fused-ring (bicyclic) bond motifs is 1. The Kier molecular flexibility index (Phi) is 5.09. The molecule has 3 amide bonds. The van der Waals surface area contributed by atoms with Gasteiger partial charge in [0.05, 0.1) is 23.0 Å². The maximum atomic E-state index is 12.6. The average molecular weight is 463 g/mol. The van der Waals surface area contributed by atoms with Crippen LogP contribution in [0.25, 0.3) is 16.7 Å². The number of nitrogens with one attached hydrogen (secondary N) is 2. The van der Waals surface area contributed by atoms with Gasteiger partial charge in [-0.1, -0.05) is 30.0 Å². The van der Waals surface area contributed by atoms with Crippen molar-refractivity contribution in [3.63, 3.8) is 0 Å². The Bertz CT molecular complexity index is 1170. The molecule has 7 rings (SSSR count). The van der Waals surface area contributed by atoms with Crippen LogP contribution in [0.3, 0.4) is 0 Å². The minimum Gasteiger partial charge on any atom is -0.332 e. The number of benzene rings is 1. The summed E-state index contributed by atoms with van der Waals surface area (Å²) in [5.41, 5.74) is 1.47. The summed E-state index contributed by atoms with van der Waals surface area (Å²) in [6.45, 7) is 0. The molecular formula is C24H26N6O2S. The van der Waals surface area contributed by atoms with E-state index in [9.17, 15) is 9.59 Å². The first kappa shape index (κ1) is 20.7. The second-order valence-corrected chi connectivity index (χ2v) is 10.8. The molecule has 4 aliphatic carbocycles. The number of aromatic nitrogens is 4. The van der Waals surface area contributed by atoms with Crippen LogP contribution in [0, 0.1) is 17.8 Å². The van der Waals surface area contributed by atoms with E-state index >= 15 is 0 Å². The highest BCUT2D eigenvalue weighted by atomic mass is 32.2. The molecule has 0 saturated heterocycles. The molecule has 0 spiro atoms. The molecule has 0 radical (unpaired) electrons. The van der Waals surface area contributed by atoms with Gasteiger partial charge in [-0.05, 0) is 68.4 Å². The zero-order valence-electron chi connectivity index (χ0n) is 18.2. The Balaban J connectivity index is 1.09. The van der Waals surface area contributed by atoms with Gasteiger partial charge in [-0.15, -0.1) is 0 Å². The molecule has 9 heteroatoms. The van der Waals surface area contributed by atoms with Crippen molar-refractivity contribution in [1.29, 1.82) is 0 Å². The van der Waals surface area contributed by atoms with Crippen molar-refractivity contribution in [2.24, 2.45) is 17.8 Å². The highest BCUT2D eigenvalue weighted by Crippen LogP contribution is 2.55. The number of amides is 3. The van der Waals surface area contributed by atoms with Crippen LogP contribution in [-0.2, 0) is 4.79 Å². The molecule has 0 unspecified atom stereocenters. The van der Waals surface area contributed by atoms with Crippen LogP contribution in [0.5, 0.6) is 0 Å². The predicted molar refractivity (Wildman–Crippen MR) is 125 cm³/mol. The second-order valence-electron chi connectivity index (χ2n) is 9.80. The van der Waals surface area contributed by atoms with Crippen LogP contribution >= 0.6 is 11.8 Å². The number of imide groups is 1. The first-order valence-electron chi connectivity index (χ1n) is 11.6. The van der Waals surface area contributed by atoms with Gasteiger partial charge >= 0.3 is 6.03 Å². The molecule has 0 atom stereocenters. The summed E-state index contributed by atoms with van der Waals surface area (Å²) >= 11 is 1.28. The molecule has 8 nitrogen and oxygen atoms in total. The molecule has 170 valence electrons. The number of urea groups is 1. The van der Waals surface area contributed by atoms with Crippen LogP contribution in [-0.4, -0.2) is 43.0 Å². The molecule has 0 aliphatic heterocycles. The van der Waals surface area contributed by atoms with E-state index in [0.717, 1.165) is 48.1 Å². The van der Waals surface area contributed by atoms with Gasteiger partial charge < -0.3 is 5.32 Å². The standard InChI is InChI=1S/C24H26N6O2S/c31-20(28-23(32)29-24-9-15-6-16(10-24)8-17(7-15)11-24)13-33-22-19-12-27-30(21(19)25-14-26-22)18-4-2-1-3-5-18/h1-5,12,14-17H,6-11,13H2,(H2,28,29,31,32). The molecule has 2 heterocycles. The zero-order chi connectivity index (χ0) is 22.4. The van der Waals surface area contributed by atoms with Gasteiger partial charge in [-0.3, -0.25) is 10.1 Å². The van der Waals surface area contributed by atoms with E-state index in [1.165, 1.54) is 37.4 Å². The lowest BCUT2D eigenvalue weighted by atomic mass is 9.53. The summed E-state index contributed by atoms with van der Waals surface area (Å²) in [5.74, 6) is 1.97. The third-order valence-corrected chi connectivity index (χ3v) is 8.35. The van der Waals surface area contributed by atoms with Gasteiger partial charge in [0, 0.05) is 5.54 Å². The van der Waals surface area contributed by atoms with Crippen molar-refractivity contribution >= 4 is 34.7 Å². The van der Waals surface area contributed by atoms with E-state index in [4.69, 9.17) is 0 Å². The fraction of sp³-hybridized carbons (Fsp3) is 0.458. The summed E-state index contributed by atoms with van der Waals surface area (Å²) in [7, 11) is 0. The van der Waals surface area contributed by atoms with Crippen molar-refractivity contribution in [2.45, 2.75) is 49.1 Å². The van der Waals surface area contributed by atoms with E-state index in [-0.39, 0.29) is 23.2 Å². The molecule has 4 bridgehead atoms. The van der Waals surface area contributed by atoms with E-state index in [1.54, 1.807) is 10.9 Å². The lowest BCUT2D eigenvalue weighted by molar-refractivity contribution is -0.117. The molecule has 4 saturated carbocycles. The number of para-hydroxylation sites is 1. The molecule has 4 aliphatic rings. The van der Waals surface area contributed by atoms with Gasteiger partial charge in [-0.25, -0.2) is 19.4 Å². The van der Waals surface area contributed by atoms with E-state index < -0.39 is 0 Å². The molecular weight excluding hydrogens is 436 g/mol. The Labute approximate surface area is 195 Å². The number of thioether (sulfide) groups is 1. The van der Waals surface area contributed by atoms with Crippen molar-refractivity contribution in [3.8, 4) is 5.69 Å². The summed E-state index contributed by atoms with van der Waals surface area (Å²) in [6, 6.07) is 9.38. The third kappa shape index (κ3) is 3.99. The molecule has 1 aromatic carbocycles. The van der Waals surface area contributed by atoms with E-state index in [1.807, 2.05) is 30.3 Å². The maximum absolute atomic E-state index is 12.6. The van der Waals surface area contributed by atoms with Crippen molar-refractivity contribution in [3.05, 3.63) is 42.9 Å². The van der Waals surface area contributed by atoms with Crippen molar-refractivity contribution < 1.29 is 9.59 Å². The van der Waals surface area contributed by atoms with Crippen LogP contribution in [0.15, 0.2) is 47.9 Å². The maximum Gasteiger partial charge on any atom is 0.321 e. The first-order chi connectivity index (χ1) is 16.1. The summed E-state index contributed by atoms with van der Waals surface area (Å²) in [5, 5.41) is 11.6. The second kappa shape index (κ2) is 8.13. The normalized spacial score (nSPS) is 27.6. The van der Waals surface area contributed by atoms with Gasteiger partial charge in [0.15, 0.2) is 5.65 Å². The number of rotatable bonds is 5. The number of nitrogens with zero attached hydrogens (tertiary/aromatic N) is 4. The van der Waals surface area contributed by atoms with Crippen LogP contribution in [0.1, 0.15) is 38.5 Å². The van der Waals surface area contributed by atoms with E-state index in [2.05, 4.69) is 25.7 Å². The minimum absolute atomic E-state index is 0.0942. The van der Waals surface area contributed by atoms with E-state index in [0.29, 0.717) is 10.7 Å². The van der Waals surface area contributed by atoms with Gasteiger partial charge in [0.25, 0.3) is 0 Å². The monoisotopic (exact) mass is 462 g/mol. The summed E-state index contributed by atoms with van der Waals surface area (Å²) < 4.78 is 1.75. The first-order valence-corrected chi connectivity index (χ1v) is 12.5. The molecule has 2 N–H and O–H groups in total. The number of hydrogen-bond acceptors (Lipinski definition) is 6. The lowest BCUT2D eigenvalue weighted by Gasteiger charge is -2.56. The van der Waals surface area contributed by atoms with Gasteiger partial charge in [0.1, 0.15) is 11.4 Å². The lowest BCUT2D eigenvalue weighted by Crippen LogP contribution is -2.61. The topological polar surface area (TPSA) is 102 Å². The Hall–Kier alpha value is -2.94. The van der Waals surface area contributed by atoms with Crippen LogP contribution in [0.4, 0.5) is 4.79 Å². The Morgan fingerprint density at radius 1 is 1.03 bits per heavy atom. The quantitative estimate of drug-likeness (QED) is 0.443. The molecule has 4 fully saturated rings. The smallest absolute Gasteiger partial charge is 0.321 e. The highest BCUT2D eigenvalue weighted by Gasteiger charge is 2.51. The molecule has 33 heavy (non-hydrogen) atoms. The van der Waals surface area contributed by atoms with Crippen LogP contribution < -0.4 is 10.6 Å². The van der Waals surface area contributed by atoms with Crippen molar-refractivity contribution in [2.75, 3.05) is 5.75 Å². The zero-order valence-corrected chi connectivity index (χ0v) is 19.1. The summed E-state index contributed by atoms with van der Waals surface area (Å²) in [6.07, 6.45) is 10.3.